The number of amides is 1. The molecule has 0 bridgehead atoms. The third kappa shape index (κ3) is 3.30. The molecule has 1 aliphatic carbocycles. The van der Waals surface area contributed by atoms with Crippen molar-refractivity contribution in [3.63, 3.8) is 0 Å². The smallest absolute Gasteiger partial charge is 0.250 e. The summed E-state index contributed by atoms with van der Waals surface area (Å²) >= 11 is 0. The molecule has 0 spiro atoms. The second kappa shape index (κ2) is 7.25. The second-order valence-electron chi connectivity index (χ2n) is 6.70. The molecule has 1 amide bonds. The third-order valence-corrected chi connectivity index (χ3v) is 5.50. The molecule has 1 saturated carbocycles. The average molecular weight is 311 g/mol. The van der Waals surface area contributed by atoms with Crippen LogP contribution in [0.3, 0.4) is 0 Å². The molecule has 3 aliphatic rings. The Morgan fingerprint density at radius 2 is 2.00 bits per heavy atom. The van der Waals surface area contributed by atoms with Crippen molar-refractivity contribution in [2.24, 2.45) is 0 Å². The third-order valence-electron chi connectivity index (χ3n) is 5.50. The number of hydrogen-bond donors (Lipinski definition) is 2. The molecule has 0 aromatic carbocycles. The first-order valence-electron chi connectivity index (χ1n) is 8.68. The van der Waals surface area contributed by atoms with E-state index >= 15 is 0 Å². The maximum Gasteiger partial charge on any atom is 0.250 e. The standard InChI is InChI=1S/C16H29N3O3/c1-13(18-15(20)14-12-17-6-9-22-14)16(4-2-3-5-16)19-7-10-21-11-8-19/h13-14,17H,2-12H2,1H3,(H,18,20). The van der Waals surface area contributed by atoms with Crippen LogP contribution in [-0.2, 0) is 14.3 Å². The molecule has 0 radical (unpaired) electrons. The van der Waals surface area contributed by atoms with Gasteiger partial charge in [0, 0.05) is 37.8 Å². The van der Waals surface area contributed by atoms with Crippen LogP contribution in [-0.4, -0.2) is 74.5 Å². The van der Waals surface area contributed by atoms with Crippen LogP contribution in [0.25, 0.3) is 0 Å². The molecule has 2 N–H and O–H groups in total. The molecule has 0 aromatic heterocycles. The lowest BCUT2D eigenvalue weighted by atomic mass is 9.86. The maximum atomic E-state index is 12.5. The summed E-state index contributed by atoms with van der Waals surface area (Å²) in [6.45, 7) is 7.77. The number of nitrogens with zero attached hydrogens (tertiary/aromatic N) is 1. The minimum Gasteiger partial charge on any atom is -0.379 e. The molecule has 22 heavy (non-hydrogen) atoms. The molecule has 3 fully saturated rings. The molecular weight excluding hydrogens is 282 g/mol. The molecule has 3 rings (SSSR count). The van der Waals surface area contributed by atoms with Crippen LogP contribution in [0.1, 0.15) is 32.6 Å². The molecule has 0 aromatic rings. The molecule has 2 aliphatic heterocycles. The quantitative estimate of drug-likeness (QED) is 0.772. The molecule has 6 heteroatoms. The average Bonchev–Trinajstić information content (AvgIpc) is 3.07. The second-order valence-corrected chi connectivity index (χ2v) is 6.70. The first kappa shape index (κ1) is 16.2. The summed E-state index contributed by atoms with van der Waals surface area (Å²) in [6, 6.07) is 0.145. The van der Waals surface area contributed by atoms with Crippen molar-refractivity contribution in [3.8, 4) is 0 Å². The Balaban J connectivity index is 1.64. The monoisotopic (exact) mass is 311 g/mol. The zero-order chi connectivity index (χ0) is 15.4. The Kier molecular flexibility index (Phi) is 5.33. The SMILES string of the molecule is CC(NC(=O)C1CNCCO1)C1(N2CCOCC2)CCCC1. The summed E-state index contributed by atoms with van der Waals surface area (Å²) in [6.07, 6.45) is 4.48. The molecular formula is C16H29N3O3. The summed E-state index contributed by atoms with van der Waals surface area (Å²) in [7, 11) is 0. The van der Waals surface area contributed by atoms with Gasteiger partial charge in [-0.2, -0.15) is 0 Å². The normalized spacial score (nSPS) is 30.9. The Labute approximate surface area is 132 Å². The van der Waals surface area contributed by atoms with Crippen LogP contribution in [0.2, 0.25) is 0 Å². The zero-order valence-electron chi connectivity index (χ0n) is 13.6. The van der Waals surface area contributed by atoms with Gasteiger partial charge in [-0.05, 0) is 19.8 Å². The van der Waals surface area contributed by atoms with Gasteiger partial charge < -0.3 is 20.1 Å². The highest BCUT2D eigenvalue weighted by Crippen LogP contribution is 2.38. The number of ether oxygens (including phenoxy) is 2. The number of hydrogen-bond acceptors (Lipinski definition) is 5. The van der Waals surface area contributed by atoms with E-state index in [4.69, 9.17) is 9.47 Å². The van der Waals surface area contributed by atoms with E-state index in [0.29, 0.717) is 13.2 Å². The Hall–Kier alpha value is -0.690. The summed E-state index contributed by atoms with van der Waals surface area (Å²) in [5.74, 6) is 0.0271. The van der Waals surface area contributed by atoms with Gasteiger partial charge in [-0.15, -0.1) is 0 Å². The number of carbonyl (C=O) groups is 1. The topological polar surface area (TPSA) is 62.8 Å². The summed E-state index contributed by atoms with van der Waals surface area (Å²) in [5, 5.41) is 6.46. The number of morpholine rings is 2. The van der Waals surface area contributed by atoms with E-state index in [9.17, 15) is 4.79 Å². The van der Waals surface area contributed by atoms with Crippen LogP contribution >= 0.6 is 0 Å². The van der Waals surface area contributed by atoms with Crippen molar-refractivity contribution in [3.05, 3.63) is 0 Å². The molecule has 2 heterocycles. The number of rotatable bonds is 4. The fourth-order valence-electron chi connectivity index (χ4n) is 4.19. The minimum absolute atomic E-state index is 0.0271. The highest BCUT2D eigenvalue weighted by Gasteiger charge is 2.45. The zero-order valence-corrected chi connectivity index (χ0v) is 13.6. The summed E-state index contributed by atoms with van der Waals surface area (Å²) in [4.78, 5) is 15.0. The maximum absolute atomic E-state index is 12.5. The van der Waals surface area contributed by atoms with Crippen LogP contribution in [0, 0.1) is 0 Å². The molecule has 126 valence electrons. The van der Waals surface area contributed by atoms with E-state index in [0.717, 1.165) is 45.7 Å². The van der Waals surface area contributed by atoms with E-state index in [2.05, 4.69) is 22.5 Å². The minimum atomic E-state index is -0.348. The van der Waals surface area contributed by atoms with Crippen molar-refractivity contribution < 1.29 is 14.3 Å². The molecule has 6 nitrogen and oxygen atoms in total. The van der Waals surface area contributed by atoms with Gasteiger partial charge in [0.05, 0.1) is 19.8 Å². The lowest BCUT2D eigenvalue weighted by Gasteiger charge is -2.47. The fourth-order valence-corrected chi connectivity index (χ4v) is 4.19. The lowest BCUT2D eigenvalue weighted by molar-refractivity contribution is -0.136. The van der Waals surface area contributed by atoms with E-state index in [1.54, 1.807) is 0 Å². The predicted octanol–water partition coefficient (Wildman–Crippen LogP) is 0.125. The van der Waals surface area contributed by atoms with Crippen molar-refractivity contribution in [1.82, 2.24) is 15.5 Å². The largest absolute Gasteiger partial charge is 0.379 e. The van der Waals surface area contributed by atoms with Gasteiger partial charge in [-0.25, -0.2) is 0 Å². The van der Waals surface area contributed by atoms with Crippen molar-refractivity contribution >= 4 is 5.91 Å². The molecule has 2 saturated heterocycles. The van der Waals surface area contributed by atoms with E-state index in [1.807, 2.05) is 0 Å². The van der Waals surface area contributed by atoms with Crippen LogP contribution in [0.4, 0.5) is 0 Å². The van der Waals surface area contributed by atoms with Crippen LogP contribution in [0.5, 0.6) is 0 Å². The first-order valence-corrected chi connectivity index (χ1v) is 8.68. The Morgan fingerprint density at radius 1 is 1.27 bits per heavy atom. The van der Waals surface area contributed by atoms with Gasteiger partial charge in [0.15, 0.2) is 0 Å². The molecule has 2 atom stereocenters. The summed E-state index contributed by atoms with van der Waals surface area (Å²) in [5.41, 5.74) is 0.0987. The van der Waals surface area contributed by atoms with Gasteiger partial charge in [0.2, 0.25) is 0 Å². The van der Waals surface area contributed by atoms with Gasteiger partial charge in [0.1, 0.15) is 6.10 Å². The highest BCUT2D eigenvalue weighted by molar-refractivity contribution is 5.81. The van der Waals surface area contributed by atoms with E-state index in [-0.39, 0.29) is 23.6 Å². The molecule has 2 unspecified atom stereocenters. The van der Waals surface area contributed by atoms with E-state index in [1.165, 1.54) is 12.8 Å². The first-order chi connectivity index (χ1) is 10.7. The van der Waals surface area contributed by atoms with Gasteiger partial charge in [0.25, 0.3) is 5.91 Å². The van der Waals surface area contributed by atoms with Crippen molar-refractivity contribution in [2.75, 3.05) is 46.0 Å². The highest BCUT2D eigenvalue weighted by atomic mass is 16.5. The van der Waals surface area contributed by atoms with Crippen LogP contribution in [0.15, 0.2) is 0 Å². The van der Waals surface area contributed by atoms with Crippen molar-refractivity contribution in [1.29, 1.82) is 0 Å². The van der Waals surface area contributed by atoms with Gasteiger partial charge >= 0.3 is 0 Å². The van der Waals surface area contributed by atoms with Crippen molar-refractivity contribution in [2.45, 2.75) is 50.3 Å². The Bertz CT molecular complexity index is 373. The predicted molar refractivity (Wildman–Crippen MR) is 83.8 cm³/mol. The number of nitrogens with one attached hydrogen (secondary N) is 2. The Morgan fingerprint density at radius 3 is 2.64 bits per heavy atom. The van der Waals surface area contributed by atoms with Gasteiger partial charge in [-0.3, -0.25) is 9.69 Å². The van der Waals surface area contributed by atoms with Gasteiger partial charge in [-0.1, -0.05) is 12.8 Å². The fraction of sp³-hybridized carbons (Fsp3) is 0.938. The number of carbonyl (C=O) groups excluding carboxylic acids is 1. The lowest BCUT2D eigenvalue weighted by Crippen LogP contribution is -2.63. The van der Waals surface area contributed by atoms with E-state index < -0.39 is 0 Å². The van der Waals surface area contributed by atoms with Crippen LogP contribution < -0.4 is 10.6 Å². The summed E-state index contributed by atoms with van der Waals surface area (Å²) < 4.78 is 11.1.